The molecule has 0 spiro atoms. The Labute approximate surface area is 125 Å². The summed E-state index contributed by atoms with van der Waals surface area (Å²) in [4.78, 5) is 3.85. The fourth-order valence-corrected chi connectivity index (χ4v) is 3.45. The van der Waals surface area contributed by atoms with Gasteiger partial charge in [0.05, 0.1) is 16.7 Å². The Morgan fingerprint density at radius 1 is 1.29 bits per heavy atom. The van der Waals surface area contributed by atoms with Crippen molar-refractivity contribution in [1.29, 1.82) is 0 Å². The summed E-state index contributed by atoms with van der Waals surface area (Å²) in [7, 11) is 0. The van der Waals surface area contributed by atoms with Crippen LogP contribution in [0.4, 0.5) is 19.0 Å². The van der Waals surface area contributed by atoms with Gasteiger partial charge >= 0.3 is 6.18 Å². The summed E-state index contributed by atoms with van der Waals surface area (Å²) >= 11 is 5.94. The van der Waals surface area contributed by atoms with Crippen molar-refractivity contribution in [2.45, 2.75) is 44.0 Å². The number of pyridine rings is 1. The van der Waals surface area contributed by atoms with Gasteiger partial charge in [-0.25, -0.2) is 4.98 Å². The van der Waals surface area contributed by atoms with E-state index in [9.17, 15) is 13.2 Å². The summed E-state index contributed by atoms with van der Waals surface area (Å²) in [5.41, 5.74) is -0.830. The zero-order chi connectivity index (χ0) is 15.0. The van der Waals surface area contributed by atoms with E-state index in [1.807, 2.05) is 0 Å². The van der Waals surface area contributed by atoms with E-state index in [0.29, 0.717) is 11.7 Å². The van der Waals surface area contributed by atoms with E-state index < -0.39 is 11.7 Å². The number of nitrogens with zero attached hydrogens (tertiary/aromatic N) is 1. The highest BCUT2D eigenvalue weighted by Gasteiger charge is 2.38. The molecule has 1 N–H and O–H groups in total. The highest BCUT2D eigenvalue weighted by atomic mass is 35.5. The average molecular weight is 321 g/mol. The standard InChI is InChI=1S/C14H16ClF3N2O/c15-10-6-8(14(16,17)18)7-19-13(10)20-11-2-1-3-12-9(11)4-5-21-12/h6-7,9,11-12H,1-5H2,(H,19,20). The average Bonchev–Trinajstić information content (AvgIpc) is 2.89. The predicted octanol–water partition coefficient (Wildman–Crippen LogP) is 4.12. The second kappa shape index (κ2) is 5.65. The summed E-state index contributed by atoms with van der Waals surface area (Å²) in [5, 5.41) is 3.21. The first-order valence-corrected chi connectivity index (χ1v) is 7.44. The van der Waals surface area contributed by atoms with Crippen molar-refractivity contribution in [3.8, 4) is 0 Å². The van der Waals surface area contributed by atoms with E-state index in [2.05, 4.69) is 10.3 Å². The molecule has 1 aromatic heterocycles. The number of anilines is 1. The van der Waals surface area contributed by atoms with Gasteiger partial charge in [0.15, 0.2) is 0 Å². The Bertz CT molecular complexity index is 523. The molecule has 2 fully saturated rings. The smallest absolute Gasteiger partial charge is 0.378 e. The Morgan fingerprint density at radius 2 is 2.10 bits per heavy atom. The number of hydrogen-bond donors (Lipinski definition) is 1. The minimum atomic E-state index is -4.43. The molecule has 1 saturated heterocycles. The molecule has 1 aliphatic carbocycles. The van der Waals surface area contributed by atoms with Crippen molar-refractivity contribution in [1.82, 2.24) is 4.98 Å². The van der Waals surface area contributed by atoms with Gasteiger partial charge in [-0.2, -0.15) is 13.2 Å². The number of alkyl halides is 3. The molecule has 0 amide bonds. The minimum Gasteiger partial charge on any atom is -0.378 e. The van der Waals surface area contributed by atoms with Crippen LogP contribution in [-0.4, -0.2) is 23.7 Å². The second-order valence-electron chi connectivity index (χ2n) is 5.60. The molecule has 21 heavy (non-hydrogen) atoms. The Kier molecular flexibility index (Phi) is 4.01. The first-order valence-electron chi connectivity index (χ1n) is 7.06. The van der Waals surface area contributed by atoms with E-state index in [1.54, 1.807) is 0 Å². The van der Waals surface area contributed by atoms with Crippen LogP contribution in [0, 0.1) is 5.92 Å². The molecule has 0 bridgehead atoms. The number of hydrogen-bond acceptors (Lipinski definition) is 3. The van der Waals surface area contributed by atoms with Crippen molar-refractivity contribution in [3.05, 3.63) is 22.8 Å². The molecule has 3 atom stereocenters. The van der Waals surface area contributed by atoms with Crippen molar-refractivity contribution < 1.29 is 17.9 Å². The normalized spacial score (nSPS) is 29.2. The number of fused-ring (bicyclic) bond motifs is 1. The van der Waals surface area contributed by atoms with Gasteiger partial charge in [0.1, 0.15) is 5.82 Å². The molecule has 1 saturated carbocycles. The highest BCUT2D eigenvalue weighted by molar-refractivity contribution is 6.33. The van der Waals surface area contributed by atoms with Crippen LogP contribution in [-0.2, 0) is 10.9 Å². The number of nitrogens with one attached hydrogen (secondary N) is 1. The third kappa shape index (κ3) is 3.11. The van der Waals surface area contributed by atoms with Gasteiger partial charge in [0.2, 0.25) is 0 Å². The van der Waals surface area contributed by atoms with Gasteiger partial charge in [-0.15, -0.1) is 0 Å². The molecular weight excluding hydrogens is 305 g/mol. The SMILES string of the molecule is FC(F)(F)c1cnc(NC2CCCC3OCCC23)c(Cl)c1. The van der Waals surface area contributed by atoms with Crippen LogP contribution in [0.25, 0.3) is 0 Å². The summed E-state index contributed by atoms with van der Waals surface area (Å²) in [6, 6.07) is 1.08. The van der Waals surface area contributed by atoms with Crippen LogP contribution in [0.1, 0.15) is 31.2 Å². The van der Waals surface area contributed by atoms with Crippen molar-refractivity contribution in [2.24, 2.45) is 5.92 Å². The van der Waals surface area contributed by atoms with Crippen LogP contribution in [0.15, 0.2) is 12.3 Å². The lowest BCUT2D eigenvalue weighted by Gasteiger charge is -2.33. The van der Waals surface area contributed by atoms with Crippen LogP contribution < -0.4 is 5.32 Å². The Morgan fingerprint density at radius 3 is 2.81 bits per heavy atom. The molecule has 3 unspecified atom stereocenters. The lowest BCUT2D eigenvalue weighted by Crippen LogP contribution is -2.38. The van der Waals surface area contributed by atoms with Crippen molar-refractivity contribution >= 4 is 17.4 Å². The summed E-state index contributed by atoms with van der Waals surface area (Å²) in [5.74, 6) is 0.709. The van der Waals surface area contributed by atoms with Crippen molar-refractivity contribution in [2.75, 3.05) is 11.9 Å². The quantitative estimate of drug-likeness (QED) is 0.890. The first-order chi connectivity index (χ1) is 9.95. The van der Waals surface area contributed by atoms with Gasteiger partial charge in [0.25, 0.3) is 0 Å². The van der Waals surface area contributed by atoms with E-state index >= 15 is 0 Å². The van der Waals surface area contributed by atoms with Crippen LogP contribution in [0.3, 0.4) is 0 Å². The lowest BCUT2D eigenvalue weighted by atomic mass is 9.82. The number of ether oxygens (including phenoxy) is 1. The molecule has 2 heterocycles. The third-order valence-electron chi connectivity index (χ3n) is 4.27. The molecule has 0 radical (unpaired) electrons. The van der Waals surface area contributed by atoms with Gasteiger partial charge in [-0.3, -0.25) is 0 Å². The number of aromatic nitrogens is 1. The summed E-state index contributed by atoms with van der Waals surface area (Å²) < 4.78 is 43.5. The zero-order valence-corrected chi connectivity index (χ0v) is 12.0. The molecular formula is C14H16ClF3N2O. The molecule has 3 rings (SSSR count). The maximum Gasteiger partial charge on any atom is 0.417 e. The predicted molar refractivity (Wildman–Crippen MR) is 73.4 cm³/mol. The maximum atomic E-state index is 12.6. The van der Waals surface area contributed by atoms with Gasteiger partial charge in [0, 0.05) is 24.8 Å². The summed E-state index contributed by atoms with van der Waals surface area (Å²) in [6.45, 7) is 0.752. The summed E-state index contributed by atoms with van der Waals surface area (Å²) in [6.07, 6.45) is 0.673. The largest absolute Gasteiger partial charge is 0.417 e. The number of halogens is 4. The fraction of sp³-hybridized carbons (Fsp3) is 0.643. The van der Waals surface area contributed by atoms with Crippen LogP contribution in [0.5, 0.6) is 0 Å². The van der Waals surface area contributed by atoms with Gasteiger partial charge in [-0.05, 0) is 31.7 Å². The van der Waals surface area contributed by atoms with Gasteiger partial charge < -0.3 is 10.1 Å². The monoisotopic (exact) mass is 320 g/mol. The zero-order valence-electron chi connectivity index (χ0n) is 11.3. The number of rotatable bonds is 2. The first kappa shape index (κ1) is 14.9. The highest BCUT2D eigenvalue weighted by Crippen LogP contribution is 2.37. The molecule has 2 aliphatic rings. The maximum absolute atomic E-state index is 12.6. The lowest BCUT2D eigenvalue weighted by molar-refractivity contribution is -0.137. The van der Waals surface area contributed by atoms with Gasteiger partial charge in [-0.1, -0.05) is 11.6 Å². The topological polar surface area (TPSA) is 34.2 Å². The molecule has 3 nitrogen and oxygen atoms in total. The van der Waals surface area contributed by atoms with E-state index in [0.717, 1.165) is 44.6 Å². The Hall–Kier alpha value is -1.01. The second-order valence-corrected chi connectivity index (χ2v) is 6.00. The molecule has 1 aromatic rings. The minimum absolute atomic E-state index is 0.00543. The van der Waals surface area contributed by atoms with E-state index in [1.165, 1.54) is 0 Å². The van der Waals surface area contributed by atoms with Crippen LogP contribution >= 0.6 is 11.6 Å². The molecule has 1 aliphatic heterocycles. The molecule has 0 aromatic carbocycles. The Balaban J connectivity index is 1.75. The van der Waals surface area contributed by atoms with Crippen molar-refractivity contribution in [3.63, 3.8) is 0 Å². The van der Waals surface area contributed by atoms with E-state index in [-0.39, 0.29) is 17.2 Å². The molecule has 7 heteroatoms. The molecule has 116 valence electrons. The third-order valence-corrected chi connectivity index (χ3v) is 4.56. The van der Waals surface area contributed by atoms with Crippen LogP contribution in [0.2, 0.25) is 5.02 Å². The fourth-order valence-electron chi connectivity index (χ4n) is 3.23. The van der Waals surface area contributed by atoms with E-state index in [4.69, 9.17) is 16.3 Å².